The third-order valence-corrected chi connectivity index (χ3v) is 4.42. The molecule has 1 aromatic carbocycles. The quantitative estimate of drug-likeness (QED) is 0.770. The van der Waals surface area contributed by atoms with Crippen molar-refractivity contribution in [2.45, 2.75) is 24.7 Å². The average molecular weight is 256 g/mol. The molecule has 1 atom stereocenters. The summed E-state index contributed by atoms with van der Waals surface area (Å²) in [6.07, 6.45) is 0. The van der Waals surface area contributed by atoms with E-state index in [4.69, 9.17) is 0 Å². The molecule has 0 saturated heterocycles. The summed E-state index contributed by atoms with van der Waals surface area (Å²) in [6, 6.07) is 6.33. The first-order chi connectivity index (χ1) is 7.92. The summed E-state index contributed by atoms with van der Waals surface area (Å²) < 4.78 is 27.8. The molecule has 4 nitrogen and oxygen atoms in total. The molecule has 0 N–H and O–H groups in total. The Hall–Kier alpha value is -1.36. The molecular weight excluding hydrogens is 240 g/mol. The monoisotopic (exact) mass is 256 g/mol. The number of hydrogen-bond donors (Lipinski definition) is 0. The summed E-state index contributed by atoms with van der Waals surface area (Å²) in [7, 11) is -1.85. The Balaban J connectivity index is 3.00. The van der Waals surface area contributed by atoms with Gasteiger partial charge in [0.25, 0.3) is 0 Å². The van der Waals surface area contributed by atoms with Gasteiger partial charge < -0.3 is 4.74 Å². The third-order valence-electron chi connectivity index (χ3n) is 2.67. The molecule has 0 aliphatic heterocycles. The van der Waals surface area contributed by atoms with Crippen LogP contribution in [0.3, 0.4) is 0 Å². The van der Waals surface area contributed by atoms with E-state index in [2.05, 4.69) is 4.74 Å². The van der Waals surface area contributed by atoms with E-state index in [1.165, 1.54) is 19.2 Å². The Bertz CT molecular complexity index is 488. The maximum absolute atomic E-state index is 11.6. The second-order valence-electron chi connectivity index (χ2n) is 3.72. The van der Waals surface area contributed by atoms with Crippen LogP contribution in [-0.2, 0) is 19.4 Å². The van der Waals surface area contributed by atoms with Crippen molar-refractivity contribution in [2.24, 2.45) is 0 Å². The maximum Gasteiger partial charge on any atom is 0.312 e. The second kappa shape index (κ2) is 5.31. The molecule has 0 aliphatic carbocycles. The van der Waals surface area contributed by atoms with Gasteiger partial charge >= 0.3 is 5.97 Å². The molecule has 0 bridgehead atoms. The highest BCUT2D eigenvalue weighted by Gasteiger charge is 2.17. The number of esters is 1. The van der Waals surface area contributed by atoms with Crippen LogP contribution in [0.4, 0.5) is 0 Å². The van der Waals surface area contributed by atoms with Gasteiger partial charge in [-0.2, -0.15) is 0 Å². The average Bonchev–Trinajstić information content (AvgIpc) is 2.37. The molecule has 0 aromatic heterocycles. The van der Waals surface area contributed by atoms with E-state index in [-0.39, 0.29) is 16.6 Å². The Morgan fingerprint density at radius 1 is 1.29 bits per heavy atom. The predicted octanol–water partition coefficient (Wildman–Crippen LogP) is 1.76. The summed E-state index contributed by atoms with van der Waals surface area (Å²) in [5.74, 6) is -0.659. The van der Waals surface area contributed by atoms with Gasteiger partial charge in [0.1, 0.15) is 0 Å². The second-order valence-corrected chi connectivity index (χ2v) is 6.00. The van der Waals surface area contributed by atoms with Crippen molar-refractivity contribution in [3.05, 3.63) is 29.8 Å². The fourth-order valence-corrected chi connectivity index (χ4v) is 2.33. The highest BCUT2D eigenvalue weighted by molar-refractivity contribution is 7.91. The lowest BCUT2D eigenvalue weighted by atomic mass is 10.0. The van der Waals surface area contributed by atoms with Gasteiger partial charge in [0.2, 0.25) is 0 Å². The zero-order valence-corrected chi connectivity index (χ0v) is 11.0. The fourth-order valence-electron chi connectivity index (χ4n) is 1.44. The van der Waals surface area contributed by atoms with E-state index in [1.807, 2.05) is 0 Å². The molecular formula is C12H16O4S. The molecule has 1 rings (SSSR count). The summed E-state index contributed by atoms with van der Waals surface area (Å²) in [6.45, 7) is 3.31. The minimum Gasteiger partial charge on any atom is -0.469 e. The summed E-state index contributed by atoms with van der Waals surface area (Å²) in [4.78, 5) is 11.6. The van der Waals surface area contributed by atoms with Gasteiger partial charge in [0, 0.05) is 0 Å². The Morgan fingerprint density at radius 3 is 2.24 bits per heavy atom. The van der Waals surface area contributed by atoms with Crippen molar-refractivity contribution in [3.63, 3.8) is 0 Å². The van der Waals surface area contributed by atoms with E-state index in [1.54, 1.807) is 26.0 Å². The normalized spacial score (nSPS) is 13.1. The first-order valence-electron chi connectivity index (χ1n) is 5.33. The maximum atomic E-state index is 11.6. The van der Waals surface area contributed by atoms with Crippen LogP contribution in [0.25, 0.3) is 0 Å². The highest BCUT2D eigenvalue weighted by atomic mass is 32.2. The predicted molar refractivity (Wildman–Crippen MR) is 64.6 cm³/mol. The Labute approximate surface area is 102 Å². The third kappa shape index (κ3) is 3.06. The molecule has 0 saturated carbocycles. The van der Waals surface area contributed by atoms with Crippen molar-refractivity contribution in [1.82, 2.24) is 0 Å². The number of methoxy groups -OCH3 is 1. The van der Waals surface area contributed by atoms with Crippen molar-refractivity contribution in [1.29, 1.82) is 0 Å². The first-order valence-corrected chi connectivity index (χ1v) is 6.98. The lowest BCUT2D eigenvalue weighted by molar-refractivity contribution is -0.141. The van der Waals surface area contributed by atoms with Gasteiger partial charge in [-0.1, -0.05) is 19.1 Å². The van der Waals surface area contributed by atoms with E-state index >= 15 is 0 Å². The van der Waals surface area contributed by atoms with Crippen LogP contribution in [0.1, 0.15) is 25.3 Å². The first kappa shape index (κ1) is 13.7. The number of benzene rings is 1. The lowest BCUT2D eigenvalue weighted by Gasteiger charge is -2.10. The molecule has 0 heterocycles. The van der Waals surface area contributed by atoms with Crippen LogP contribution >= 0.6 is 0 Å². The lowest BCUT2D eigenvalue weighted by Crippen LogP contribution is -2.11. The van der Waals surface area contributed by atoms with Crippen LogP contribution in [0.2, 0.25) is 0 Å². The van der Waals surface area contributed by atoms with Crippen molar-refractivity contribution < 1.29 is 17.9 Å². The van der Waals surface area contributed by atoms with Gasteiger partial charge in [-0.05, 0) is 24.6 Å². The summed E-state index contributed by atoms with van der Waals surface area (Å²) >= 11 is 0. The summed E-state index contributed by atoms with van der Waals surface area (Å²) in [5, 5.41) is 0. The minimum absolute atomic E-state index is 0.0684. The fraction of sp³-hybridized carbons (Fsp3) is 0.417. The van der Waals surface area contributed by atoms with Gasteiger partial charge in [-0.3, -0.25) is 4.79 Å². The highest BCUT2D eigenvalue weighted by Crippen LogP contribution is 2.19. The van der Waals surface area contributed by atoms with Crippen molar-refractivity contribution >= 4 is 15.8 Å². The van der Waals surface area contributed by atoms with E-state index in [0.717, 1.165) is 5.56 Å². The molecule has 1 aromatic rings. The molecule has 0 radical (unpaired) electrons. The van der Waals surface area contributed by atoms with Crippen molar-refractivity contribution in [3.8, 4) is 0 Å². The number of ether oxygens (including phenoxy) is 1. The molecule has 0 amide bonds. The minimum atomic E-state index is -3.18. The van der Waals surface area contributed by atoms with E-state index in [0.29, 0.717) is 0 Å². The van der Waals surface area contributed by atoms with Crippen molar-refractivity contribution in [2.75, 3.05) is 12.9 Å². The topological polar surface area (TPSA) is 60.4 Å². The molecule has 0 aliphatic rings. The van der Waals surface area contributed by atoms with E-state index in [9.17, 15) is 13.2 Å². The number of sulfone groups is 1. The van der Waals surface area contributed by atoms with Gasteiger partial charge in [0.05, 0.1) is 23.7 Å². The Kier molecular flexibility index (Phi) is 4.28. The van der Waals surface area contributed by atoms with Crippen LogP contribution in [0, 0.1) is 0 Å². The number of carbonyl (C=O) groups excluding carboxylic acids is 1. The van der Waals surface area contributed by atoms with Gasteiger partial charge in [0.15, 0.2) is 9.84 Å². The number of hydrogen-bond acceptors (Lipinski definition) is 4. The number of rotatable bonds is 4. The van der Waals surface area contributed by atoms with Crippen LogP contribution in [0.5, 0.6) is 0 Å². The largest absolute Gasteiger partial charge is 0.469 e. The molecule has 94 valence electrons. The zero-order chi connectivity index (χ0) is 13.1. The summed E-state index contributed by atoms with van der Waals surface area (Å²) in [5.41, 5.74) is 0.743. The van der Waals surface area contributed by atoms with Gasteiger partial charge in [-0.25, -0.2) is 8.42 Å². The number of carbonyl (C=O) groups is 1. The molecule has 0 spiro atoms. The van der Waals surface area contributed by atoms with Crippen LogP contribution in [0.15, 0.2) is 29.2 Å². The standard InChI is InChI=1S/C12H16O4S/c1-4-17(14,15)11-7-5-10(6-8-11)9(2)12(13)16-3/h5-9H,4H2,1-3H3. The molecule has 1 unspecified atom stereocenters. The zero-order valence-electron chi connectivity index (χ0n) is 10.1. The van der Waals surface area contributed by atoms with Crippen LogP contribution < -0.4 is 0 Å². The molecule has 0 fully saturated rings. The molecule has 5 heteroatoms. The van der Waals surface area contributed by atoms with E-state index < -0.39 is 15.8 Å². The smallest absolute Gasteiger partial charge is 0.312 e. The SMILES string of the molecule is CCS(=O)(=O)c1ccc(C(C)C(=O)OC)cc1. The van der Waals surface area contributed by atoms with Gasteiger partial charge in [-0.15, -0.1) is 0 Å². The van der Waals surface area contributed by atoms with Crippen LogP contribution in [-0.4, -0.2) is 27.2 Å². The molecule has 17 heavy (non-hydrogen) atoms. The Morgan fingerprint density at radius 2 is 1.82 bits per heavy atom.